The van der Waals surface area contributed by atoms with Gasteiger partial charge in [-0.15, -0.1) is 11.3 Å². The van der Waals surface area contributed by atoms with E-state index in [1.165, 1.54) is 29.5 Å². The van der Waals surface area contributed by atoms with E-state index in [-0.39, 0.29) is 11.4 Å². The molecule has 2 rings (SSSR count). The van der Waals surface area contributed by atoms with Crippen LogP contribution >= 0.6 is 11.3 Å². The van der Waals surface area contributed by atoms with Gasteiger partial charge in [0.2, 0.25) is 0 Å². The standard InChI is InChI=1S/C11H10FN3O2S/c1-7-13-5-8(18-7)6-14-11-9(12)3-2-4-10(11)15(16)17/h2-5,14H,6H2,1H3. The first-order chi connectivity index (χ1) is 8.58. The summed E-state index contributed by atoms with van der Waals surface area (Å²) in [5.74, 6) is -0.634. The van der Waals surface area contributed by atoms with Gasteiger partial charge in [-0.1, -0.05) is 6.07 Å². The van der Waals surface area contributed by atoms with Crippen LogP contribution in [0.3, 0.4) is 0 Å². The molecule has 0 atom stereocenters. The molecule has 0 aliphatic heterocycles. The number of hydrogen-bond donors (Lipinski definition) is 1. The highest BCUT2D eigenvalue weighted by molar-refractivity contribution is 7.11. The maximum Gasteiger partial charge on any atom is 0.295 e. The third-order valence-electron chi connectivity index (χ3n) is 2.30. The number of nitro groups is 1. The zero-order chi connectivity index (χ0) is 13.1. The van der Waals surface area contributed by atoms with Crippen molar-refractivity contribution in [2.24, 2.45) is 0 Å². The molecule has 1 heterocycles. The second-order valence-electron chi connectivity index (χ2n) is 3.59. The summed E-state index contributed by atoms with van der Waals surface area (Å²) < 4.78 is 13.5. The van der Waals surface area contributed by atoms with Gasteiger partial charge in [-0.3, -0.25) is 10.1 Å². The molecular formula is C11H10FN3O2S. The molecule has 1 aromatic carbocycles. The summed E-state index contributed by atoms with van der Waals surface area (Å²) in [6.45, 7) is 2.17. The molecular weight excluding hydrogens is 257 g/mol. The first-order valence-corrected chi connectivity index (χ1v) is 5.97. The Morgan fingerprint density at radius 2 is 2.33 bits per heavy atom. The minimum atomic E-state index is -0.634. The first-order valence-electron chi connectivity index (χ1n) is 5.16. The lowest BCUT2D eigenvalue weighted by molar-refractivity contribution is -0.384. The van der Waals surface area contributed by atoms with Crippen molar-refractivity contribution in [1.29, 1.82) is 0 Å². The third-order valence-corrected chi connectivity index (χ3v) is 3.21. The molecule has 0 saturated carbocycles. The minimum Gasteiger partial charge on any atom is -0.372 e. The zero-order valence-corrected chi connectivity index (χ0v) is 10.3. The number of hydrogen-bond acceptors (Lipinski definition) is 5. The highest BCUT2D eigenvalue weighted by Crippen LogP contribution is 2.27. The maximum atomic E-state index is 13.5. The molecule has 2 aromatic rings. The van der Waals surface area contributed by atoms with Gasteiger partial charge in [-0.25, -0.2) is 9.37 Å². The van der Waals surface area contributed by atoms with Crippen molar-refractivity contribution in [3.05, 3.63) is 50.2 Å². The van der Waals surface area contributed by atoms with Gasteiger partial charge in [-0.2, -0.15) is 0 Å². The molecule has 0 saturated heterocycles. The maximum absolute atomic E-state index is 13.5. The van der Waals surface area contributed by atoms with Crippen LogP contribution in [0.15, 0.2) is 24.4 Å². The summed E-state index contributed by atoms with van der Waals surface area (Å²) in [5.41, 5.74) is -0.357. The molecule has 7 heteroatoms. The van der Waals surface area contributed by atoms with E-state index in [2.05, 4.69) is 10.3 Å². The van der Waals surface area contributed by atoms with Crippen molar-refractivity contribution in [1.82, 2.24) is 4.98 Å². The Balaban J connectivity index is 2.20. The molecule has 0 aliphatic carbocycles. The quantitative estimate of drug-likeness (QED) is 0.682. The number of thiazole rings is 1. The summed E-state index contributed by atoms with van der Waals surface area (Å²) in [6, 6.07) is 3.77. The average Bonchev–Trinajstić information content (AvgIpc) is 2.73. The molecule has 0 fully saturated rings. The van der Waals surface area contributed by atoms with E-state index in [4.69, 9.17) is 0 Å². The number of rotatable bonds is 4. The molecule has 0 aliphatic rings. The topological polar surface area (TPSA) is 68.1 Å². The number of benzene rings is 1. The lowest BCUT2D eigenvalue weighted by Crippen LogP contribution is -2.03. The number of aryl methyl sites for hydroxylation is 1. The zero-order valence-electron chi connectivity index (χ0n) is 9.51. The lowest BCUT2D eigenvalue weighted by Gasteiger charge is -2.06. The predicted octanol–water partition coefficient (Wildman–Crippen LogP) is 3.11. The molecule has 1 aromatic heterocycles. The second-order valence-corrected chi connectivity index (χ2v) is 4.91. The molecule has 0 amide bonds. The Kier molecular flexibility index (Phi) is 3.52. The molecule has 1 N–H and O–H groups in total. The van der Waals surface area contributed by atoms with Crippen LogP contribution in [0.5, 0.6) is 0 Å². The number of nitrogens with zero attached hydrogens (tertiary/aromatic N) is 2. The average molecular weight is 267 g/mol. The van der Waals surface area contributed by atoms with Crippen LogP contribution in [-0.4, -0.2) is 9.91 Å². The lowest BCUT2D eigenvalue weighted by atomic mass is 10.2. The smallest absolute Gasteiger partial charge is 0.295 e. The molecule has 5 nitrogen and oxygen atoms in total. The normalized spacial score (nSPS) is 10.3. The van der Waals surface area contributed by atoms with E-state index in [1.807, 2.05) is 6.92 Å². The monoisotopic (exact) mass is 267 g/mol. The Morgan fingerprint density at radius 3 is 2.94 bits per heavy atom. The van der Waals surface area contributed by atoms with Gasteiger partial charge in [0, 0.05) is 17.1 Å². The molecule has 0 radical (unpaired) electrons. The minimum absolute atomic E-state index is 0.0893. The van der Waals surface area contributed by atoms with Crippen molar-refractivity contribution in [3.63, 3.8) is 0 Å². The van der Waals surface area contributed by atoms with Gasteiger partial charge in [-0.05, 0) is 13.0 Å². The fraction of sp³-hybridized carbons (Fsp3) is 0.182. The van der Waals surface area contributed by atoms with Crippen LogP contribution in [0, 0.1) is 22.9 Å². The molecule has 94 valence electrons. The van der Waals surface area contributed by atoms with Crippen LogP contribution in [0.1, 0.15) is 9.88 Å². The first kappa shape index (κ1) is 12.4. The second kappa shape index (κ2) is 5.09. The summed E-state index contributed by atoms with van der Waals surface area (Å²) in [7, 11) is 0. The summed E-state index contributed by atoms with van der Waals surface area (Å²) in [4.78, 5) is 15.1. The SMILES string of the molecule is Cc1ncc(CNc2c(F)cccc2[N+](=O)[O-])s1. The summed E-state index contributed by atoms with van der Waals surface area (Å²) in [6.07, 6.45) is 1.67. The Bertz CT molecular complexity index is 585. The summed E-state index contributed by atoms with van der Waals surface area (Å²) >= 11 is 1.46. The van der Waals surface area contributed by atoms with Gasteiger partial charge in [0.1, 0.15) is 5.69 Å². The molecule has 0 bridgehead atoms. The van der Waals surface area contributed by atoms with Crippen molar-refractivity contribution in [2.75, 3.05) is 5.32 Å². The number of nitrogens with one attached hydrogen (secondary N) is 1. The number of halogens is 1. The number of para-hydroxylation sites is 1. The fourth-order valence-electron chi connectivity index (χ4n) is 1.50. The van der Waals surface area contributed by atoms with Crippen LogP contribution in [0.25, 0.3) is 0 Å². The van der Waals surface area contributed by atoms with E-state index in [0.29, 0.717) is 6.54 Å². The van der Waals surface area contributed by atoms with Crippen LogP contribution in [0.2, 0.25) is 0 Å². The Hall–Kier alpha value is -2.02. The molecule has 0 spiro atoms. The highest BCUT2D eigenvalue weighted by Gasteiger charge is 2.17. The van der Waals surface area contributed by atoms with Crippen molar-refractivity contribution >= 4 is 22.7 Å². The van der Waals surface area contributed by atoms with Gasteiger partial charge in [0.25, 0.3) is 5.69 Å². The number of nitro benzene ring substituents is 1. The summed E-state index contributed by atoms with van der Waals surface area (Å²) in [5, 5.41) is 14.4. The highest BCUT2D eigenvalue weighted by atomic mass is 32.1. The van der Waals surface area contributed by atoms with Gasteiger partial charge in [0.15, 0.2) is 5.82 Å². The Morgan fingerprint density at radius 1 is 1.56 bits per heavy atom. The third kappa shape index (κ3) is 2.62. The van der Waals surface area contributed by atoms with E-state index in [9.17, 15) is 14.5 Å². The number of aromatic nitrogens is 1. The molecule has 18 heavy (non-hydrogen) atoms. The largest absolute Gasteiger partial charge is 0.372 e. The fourth-order valence-corrected chi connectivity index (χ4v) is 2.24. The molecule has 0 unspecified atom stereocenters. The van der Waals surface area contributed by atoms with Crippen LogP contribution in [0.4, 0.5) is 15.8 Å². The van der Waals surface area contributed by atoms with Gasteiger partial charge < -0.3 is 5.32 Å². The van der Waals surface area contributed by atoms with E-state index < -0.39 is 10.7 Å². The van der Waals surface area contributed by atoms with Gasteiger partial charge >= 0.3 is 0 Å². The Labute approximate surface area is 106 Å². The number of anilines is 1. The van der Waals surface area contributed by atoms with Crippen molar-refractivity contribution in [2.45, 2.75) is 13.5 Å². The van der Waals surface area contributed by atoms with Crippen molar-refractivity contribution < 1.29 is 9.31 Å². The van der Waals surface area contributed by atoms with E-state index in [0.717, 1.165) is 9.88 Å². The van der Waals surface area contributed by atoms with Crippen LogP contribution < -0.4 is 5.32 Å². The van der Waals surface area contributed by atoms with E-state index in [1.54, 1.807) is 6.20 Å². The van der Waals surface area contributed by atoms with Gasteiger partial charge in [0.05, 0.1) is 16.5 Å². The van der Waals surface area contributed by atoms with Crippen molar-refractivity contribution in [3.8, 4) is 0 Å². The predicted molar refractivity (Wildman–Crippen MR) is 67.2 cm³/mol. The van der Waals surface area contributed by atoms with E-state index >= 15 is 0 Å². The van der Waals surface area contributed by atoms with Crippen LogP contribution in [-0.2, 0) is 6.54 Å².